The van der Waals surface area contributed by atoms with E-state index in [4.69, 9.17) is 4.74 Å². The van der Waals surface area contributed by atoms with Crippen LogP contribution in [0.1, 0.15) is 60.0 Å². The molecule has 1 saturated heterocycles. The van der Waals surface area contributed by atoms with E-state index in [1.807, 2.05) is 23.9 Å². The van der Waals surface area contributed by atoms with E-state index < -0.39 is 22.6 Å². The number of rotatable bonds is 9. The Hall–Kier alpha value is -3.18. The number of halogens is 3. The molecule has 4 bridgehead atoms. The van der Waals surface area contributed by atoms with Crippen LogP contribution in [0.25, 0.3) is 0 Å². The third-order valence-electron chi connectivity index (χ3n) is 9.85. The number of nitrogens with one attached hydrogen (secondary N) is 1. The number of carbonyl (C=O) groups excluding carboxylic acids is 1. The third kappa shape index (κ3) is 5.86. The van der Waals surface area contributed by atoms with Gasteiger partial charge in [-0.2, -0.15) is 13.2 Å². The minimum atomic E-state index is -4.60. The first-order chi connectivity index (χ1) is 19.9. The Balaban J connectivity index is 1.14. The molecule has 4 aliphatic carbocycles. The first-order valence-corrected chi connectivity index (χ1v) is 14.7. The Morgan fingerprint density at radius 3 is 2.29 bits per heavy atom. The van der Waals surface area contributed by atoms with Crippen molar-refractivity contribution in [1.29, 1.82) is 0 Å². The smallest absolute Gasteiger partial charge is 0.416 e. The maximum atomic E-state index is 13.9. The molecule has 2 aromatic rings. The molecular weight excluding hydrogens is 549 g/mol. The molecule has 1 amide bonds. The number of anilines is 1. The molecule has 226 valence electrons. The van der Waals surface area contributed by atoms with Gasteiger partial charge in [-0.3, -0.25) is 19.8 Å². The van der Waals surface area contributed by atoms with Crippen molar-refractivity contribution in [3.63, 3.8) is 0 Å². The van der Waals surface area contributed by atoms with Crippen molar-refractivity contribution in [2.24, 2.45) is 23.2 Å². The van der Waals surface area contributed by atoms with E-state index >= 15 is 0 Å². The normalized spacial score (nSPS) is 27.2. The molecule has 2 aromatic carbocycles. The minimum absolute atomic E-state index is 0.0307. The zero-order valence-electron chi connectivity index (χ0n) is 24.0. The molecular formula is C31H37F3N4O4. The van der Waals surface area contributed by atoms with E-state index in [-0.39, 0.29) is 40.2 Å². The third-order valence-corrected chi connectivity index (χ3v) is 9.85. The van der Waals surface area contributed by atoms with Gasteiger partial charge in [0.1, 0.15) is 0 Å². The van der Waals surface area contributed by atoms with Gasteiger partial charge in [-0.1, -0.05) is 6.07 Å². The van der Waals surface area contributed by atoms with Gasteiger partial charge in [0.2, 0.25) is 0 Å². The number of hydrogen-bond acceptors (Lipinski definition) is 6. The molecule has 1 heterocycles. The van der Waals surface area contributed by atoms with E-state index in [9.17, 15) is 28.1 Å². The molecule has 0 unspecified atom stereocenters. The summed E-state index contributed by atoms with van der Waals surface area (Å²) in [5, 5.41) is 14.4. The van der Waals surface area contributed by atoms with Crippen LogP contribution < -0.4 is 10.1 Å². The van der Waals surface area contributed by atoms with Crippen LogP contribution >= 0.6 is 0 Å². The molecule has 5 aliphatic rings. The van der Waals surface area contributed by atoms with Crippen LogP contribution in [0.5, 0.6) is 5.75 Å². The summed E-state index contributed by atoms with van der Waals surface area (Å²) in [5.74, 6) is 1.54. The van der Waals surface area contributed by atoms with Gasteiger partial charge in [-0.15, -0.1) is 0 Å². The molecule has 1 N–H and O–H groups in total. The number of benzene rings is 2. The molecule has 8 nitrogen and oxygen atoms in total. The van der Waals surface area contributed by atoms with E-state index in [0.717, 1.165) is 49.1 Å². The van der Waals surface area contributed by atoms with Gasteiger partial charge < -0.3 is 15.0 Å². The fraction of sp³-hybridized carbons (Fsp3) is 0.581. The Bertz CT molecular complexity index is 1340. The number of ether oxygens (including phenoxy) is 1. The summed E-state index contributed by atoms with van der Waals surface area (Å²) >= 11 is 0. The van der Waals surface area contributed by atoms with E-state index in [1.165, 1.54) is 43.5 Å². The first kappa shape index (κ1) is 28.9. The Kier molecular flexibility index (Phi) is 7.45. The Labute approximate surface area is 243 Å². The Morgan fingerprint density at radius 1 is 1.07 bits per heavy atom. The second-order valence-corrected chi connectivity index (χ2v) is 13.3. The number of carbonyl (C=O) groups is 1. The van der Waals surface area contributed by atoms with E-state index in [2.05, 4.69) is 5.32 Å². The van der Waals surface area contributed by atoms with E-state index in [1.54, 1.807) is 0 Å². The average molecular weight is 587 g/mol. The average Bonchev–Trinajstić information content (AvgIpc) is 2.88. The maximum Gasteiger partial charge on any atom is 0.416 e. The van der Waals surface area contributed by atoms with Crippen molar-refractivity contribution in [2.45, 2.75) is 57.3 Å². The van der Waals surface area contributed by atoms with Crippen LogP contribution in [-0.2, 0) is 12.7 Å². The van der Waals surface area contributed by atoms with Crippen LogP contribution in [-0.4, -0.2) is 60.5 Å². The standard InChI is InChI=1S/C31H37F3N4O4/c1-36(2)25-16-37(17-25)15-23-3-5-24(11-26(23)31(32,33)34)35-29(39)22-4-6-28(27(10-22)38(40)41)42-18-30-12-19-7-20(13-30)9-21(8-19)14-30/h3-6,10-11,19-21,25H,7-9,12-18H2,1-2H3,(H,35,39). The lowest BCUT2D eigenvalue weighted by atomic mass is 9.50. The second-order valence-electron chi connectivity index (χ2n) is 13.3. The summed E-state index contributed by atoms with van der Waals surface area (Å²) in [4.78, 5) is 28.3. The quantitative estimate of drug-likeness (QED) is 0.278. The summed E-state index contributed by atoms with van der Waals surface area (Å²) in [5.41, 5.74) is -1.01. The molecule has 0 radical (unpaired) electrons. The second kappa shape index (κ2) is 10.8. The lowest BCUT2D eigenvalue weighted by Crippen LogP contribution is -2.56. The summed E-state index contributed by atoms with van der Waals surface area (Å²) in [6.45, 7) is 1.95. The van der Waals surface area contributed by atoms with Crippen LogP contribution in [0.3, 0.4) is 0 Å². The fourth-order valence-corrected chi connectivity index (χ4v) is 8.12. The highest BCUT2D eigenvalue weighted by molar-refractivity contribution is 6.04. The zero-order valence-corrected chi connectivity index (χ0v) is 24.0. The van der Waals surface area contributed by atoms with Gasteiger partial charge in [0, 0.05) is 48.4 Å². The number of hydrogen-bond donors (Lipinski definition) is 1. The first-order valence-electron chi connectivity index (χ1n) is 14.7. The number of nitro groups is 1. The van der Waals surface area contributed by atoms with Crippen molar-refractivity contribution >= 4 is 17.3 Å². The molecule has 11 heteroatoms. The minimum Gasteiger partial charge on any atom is -0.486 e. The number of likely N-dealkylation sites (N-methyl/N-ethyl adjacent to an activating group) is 1. The summed E-state index contributed by atoms with van der Waals surface area (Å²) in [6.07, 6.45) is 2.54. The zero-order chi connectivity index (χ0) is 29.8. The van der Waals surface area contributed by atoms with Crippen molar-refractivity contribution in [1.82, 2.24) is 9.80 Å². The summed E-state index contributed by atoms with van der Waals surface area (Å²) in [6, 6.07) is 8.03. The largest absolute Gasteiger partial charge is 0.486 e. The molecule has 4 saturated carbocycles. The maximum absolute atomic E-state index is 13.9. The van der Waals surface area contributed by atoms with Crippen LogP contribution in [0.4, 0.5) is 24.5 Å². The number of amides is 1. The van der Waals surface area contributed by atoms with Gasteiger partial charge in [0.15, 0.2) is 5.75 Å². The lowest BCUT2D eigenvalue weighted by molar-refractivity contribution is -0.386. The van der Waals surface area contributed by atoms with E-state index in [0.29, 0.717) is 25.7 Å². The molecule has 1 aliphatic heterocycles. The van der Waals surface area contributed by atoms with Gasteiger partial charge in [0.05, 0.1) is 17.1 Å². The van der Waals surface area contributed by atoms with Crippen molar-refractivity contribution in [3.05, 3.63) is 63.2 Å². The van der Waals surface area contributed by atoms with Gasteiger partial charge in [-0.05, 0) is 100 Å². The van der Waals surface area contributed by atoms with Crippen molar-refractivity contribution in [3.8, 4) is 5.75 Å². The van der Waals surface area contributed by atoms with Crippen LogP contribution in [0.15, 0.2) is 36.4 Å². The molecule has 0 atom stereocenters. The number of nitro benzene ring substituents is 1. The van der Waals surface area contributed by atoms with Crippen molar-refractivity contribution < 1.29 is 27.6 Å². The van der Waals surface area contributed by atoms with Gasteiger partial charge in [-0.25, -0.2) is 0 Å². The number of alkyl halides is 3. The van der Waals surface area contributed by atoms with Gasteiger partial charge in [0.25, 0.3) is 5.91 Å². The number of nitrogens with zero attached hydrogens (tertiary/aromatic N) is 3. The SMILES string of the molecule is CN(C)C1CN(Cc2ccc(NC(=O)c3ccc(OCC45CC6CC(CC(C6)C4)C5)c([N+](=O)[O-])c3)cc2C(F)(F)F)C1. The van der Waals surface area contributed by atoms with Crippen LogP contribution in [0, 0.1) is 33.3 Å². The van der Waals surface area contributed by atoms with Crippen LogP contribution in [0.2, 0.25) is 0 Å². The molecule has 7 rings (SSSR count). The van der Waals surface area contributed by atoms with Crippen molar-refractivity contribution in [2.75, 3.05) is 39.1 Å². The molecule has 0 aromatic heterocycles. The topological polar surface area (TPSA) is 88.0 Å². The highest BCUT2D eigenvalue weighted by atomic mass is 19.4. The predicted octanol–water partition coefficient (Wildman–Crippen LogP) is 6.21. The van der Waals surface area contributed by atoms with Gasteiger partial charge >= 0.3 is 11.9 Å². The predicted molar refractivity (Wildman–Crippen MR) is 151 cm³/mol. The fourth-order valence-electron chi connectivity index (χ4n) is 8.12. The monoisotopic (exact) mass is 586 g/mol. The Morgan fingerprint density at radius 2 is 1.71 bits per heavy atom. The lowest BCUT2D eigenvalue weighted by Gasteiger charge is -2.56. The molecule has 0 spiro atoms. The molecule has 42 heavy (non-hydrogen) atoms. The highest BCUT2D eigenvalue weighted by Gasteiger charge is 2.51. The summed E-state index contributed by atoms with van der Waals surface area (Å²) in [7, 11) is 3.89. The number of likely N-dealkylation sites (tertiary alicyclic amines) is 1. The summed E-state index contributed by atoms with van der Waals surface area (Å²) < 4.78 is 47.9. The molecule has 5 fully saturated rings. The highest BCUT2D eigenvalue weighted by Crippen LogP contribution is 2.60.